The third-order valence-electron chi connectivity index (χ3n) is 4.43. The van der Waals surface area contributed by atoms with Crippen molar-refractivity contribution < 1.29 is 18.8 Å². The minimum atomic E-state index is 0.0237. The highest BCUT2D eigenvalue weighted by Gasteiger charge is 2.23. The molecule has 1 aromatic heterocycles. The number of ether oxygens (including phenoxy) is 2. The number of benzene rings is 1. The molecule has 1 amide bonds. The van der Waals surface area contributed by atoms with Gasteiger partial charge in [-0.15, -0.1) is 0 Å². The van der Waals surface area contributed by atoms with Gasteiger partial charge < -0.3 is 18.9 Å². The van der Waals surface area contributed by atoms with E-state index in [0.29, 0.717) is 41.9 Å². The van der Waals surface area contributed by atoms with E-state index >= 15 is 0 Å². The molecule has 1 fully saturated rings. The monoisotopic (exact) mass is 344 g/mol. The Hall–Kier alpha value is -2.61. The van der Waals surface area contributed by atoms with Crippen LogP contribution in [0.2, 0.25) is 0 Å². The first kappa shape index (κ1) is 15.9. The summed E-state index contributed by atoms with van der Waals surface area (Å²) in [5, 5.41) is 3.94. The quantitative estimate of drug-likeness (QED) is 0.834. The Kier molecular flexibility index (Phi) is 4.27. The van der Waals surface area contributed by atoms with Gasteiger partial charge >= 0.3 is 0 Å². The fraction of sp³-hybridized carbons (Fsp3) is 0.471. The zero-order chi connectivity index (χ0) is 17.2. The molecule has 0 atom stereocenters. The first-order valence-corrected chi connectivity index (χ1v) is 8.39. The SMILES string of the molecule is Cc1nc(CN2CCCN(C(=O)c3ccc4c(c3)OCO4)CC2)no1. The van der Waals surface area contributed by atoms with Crippen molar-refractivity contribution in [3.63, 3.8) is 0 Å². The largest absolute Gasteiger partial charge is 0.454 e. The Bertz CT molecular complexity index is 776. The molecule has 0 bridgehead atoms. The Morgan fingerprint density at radius 1 is 1.16 bits per heavy atom. The first-order valence-electron chi connectivity index (χ1n) is 8.39. The number of aromatic nitrogens is 2. The fourth-order valence-electron chi connectivity index (χ4n) is 3.15. The molecule has 0 N–H and O–H groups in total. The number of amides is 1. The van der Waals surface area contributed by atoms with E-state index in [2.05, 4.69) is 15.0 Å². The van der Waals surface area contributed by atoms with Crippen LogP contribution in [-0.4, -0.2) is 58.8 Å². The lowest BCUT2D eigenvalue weighted by Gasteiger charge is -2.21. The topological polar surface area (TPSA) is 80.9 Å². The predicted octanol–water partition coefficient (Wildman–Crippen LogP) is 1.45. The van der Waals surface area contributed by atoms with Crippen LogP contribution in [0.5, 0.6) is 11.5 Å². The minimum Gasteiger partial charge on any atom is -0.454 e. The Balaban J connectivity index is 1.39. The van der Waals surface area contributed by atoms with Gasteiger partial charge in [0, 0.05) is 38.7 Å². The second-order valence-corrected chi connectivity index (χ2v) is 6.22. The third-order valence-corrected chi connectivity index (χ3v) is 4.43. The summed E-state index contributed by atoms with van der Waals surface area (Å²) in [5.41, 5.74) is 0.631. The molecule has 0 aliphatic carbocycles. The van der Waals surface area contributed by atoms with Crippen molar-refractivity contribution >= 4 is 5.91 Å². The summed E-state index contributed by atoms with van der Waals surface area (Å²) in [4.78, 5) is 21.2. The van der Waals surface area contributed by atoms with Crippen LogP contribution < -0.4 is 9.47 Å². The number of carbonyl (C=O) groups excluding carboxylic acids is 1. The third kappa shape index (κ3) is 3.43. The zero-order valence-electron chi connectivity index (χ0n) is 14.1. The minimum absolute atomic E-state index is 0.0237. The van der Waals surface area contributed by atoms with Crippen LogP contribution in [0.1, 0.15) is 28.5 Å². The van der Waals surface area contributed by atoms with Crippen molar-refractivity contribution in [1.29, 1.82) is 0 Å². The van der Waals surface area contributed by atoms with Crippen LogP contribution >= 0.6 is 0 Å². The van der Waals surface area contributed by atoms with Crippen molar-refractivity contribution in [2.75, 3.05) is 33.0 Å². The molecule has 25 heavy (non-hydrogen) atoms. The summed E-state index contributed by atoms with van der Waals surface area (Å²) in [6, 6.07) is 5.34. The second-order valence-electron chi connectivity index (χ2n) is 6.22. The van der Waals surface area contributed by atoms with E-state index < -0.39 is 0 Å². The molecular weight excluding hydrogens is 324 g/mol. The van der Waals surface area contributed by atoms with Crippen LogP contribution in [0.15, 0.2) is 22.7 Å². The summed E-state index contributed by atoms with van der Waals surface area (Å²) in [6.45, 7) is 5.72. The number of fused-ring (bicyclic) bond motifs is 1. The van der Waals surface area contributed by atoms with Crippen molar-refractivity contribution in [1.82, 2.24) is 19.9 Å². The van der Waals surface area contributed by atoms with Crippen LogP contribution in [0.3, 0.4) is 0 Å². The number of hydrogen-bond acceptors (Lipinski definition) is 7. The first-order chi connectivity index (χ1) is 12.2. The van der Waals surface area contributed by atoms with E-state index in [0.717, 1.165) is 26.1 Å². The second kappa shape index (κ2) is 6.72. The van der Waals surface area contributed by atoms with Gasteiger partial charge in [0.2, 0.25) is 12.7 Å². The van der Waals surface area contributed by atoms with E-state index in [4.69, 9.17) is 14.0 Å². The molecule has 0 spiro atoms. The summed E-state index contributed by atoms with van der Waals surface area (Å²) < 4.78 is 15.7. The van der Waals surface area contributed by atoms with E-state index in [9.17, 15) is 4.79 Å². The fourth-order valence-corrected chi connectivity index (χ4v) is 3.15. The maximum Gasteiger partial charge on any atom is 0.254 e. The molecule has 3 heterocycles. The van der Waals surface area contributed by atoms with Crippen molar-refractivity contribution in [2.45, 2.75) is 19.9 Å². The van der Waals surface area contributed by atoms with Crippen LogP contribution in [0.4, 0.5) is 0 Å². The molecule has 0 unspecified atom stereocenters. The molecule has 1 aromatic carbocycles. The molecule has 2 aliphatic rings. The van der Waals surface area contributed by atoms with E-state index in [1.165, 1.54) is 0 Å². The van der Waals surface area contributed by atoms with Crippen LogP contribution in [-0.2, 0) is 6.54 Å². The average molecular weight is 344 g/mol. The van der Waals surface area contributed by atoms with Gasteiger partial charge in [0.25, 0.3) is 5.91 Å². The molecule has 0 saturated carbocycles. The molecule has 4 rings (SSSR count). The number of aryl methyl sites for hydroxylation is 1. The molecule has 1 saturated heterocycles. The highest BCUT2D eigenvalue weighted by atomic mass is 16.7. The smallest absolute Gasteiger partial charge is 0.254 e. The maximum absolute atomic E-state index is 12.8. The van der Waals surface area contributed by atoms with E-state index in [1.54, 1.807) is 25.1 Å². The Morgan fingerprint density at radius 3 is 2.88 bits per heavy atom. The molecular formula is C17H20N4O4. The van der Waals surface area contributed by atoms with Crippen LogP contribution in [0, 0.1) is 6.92 Å². The molecule has 2 aliphatic heterocycles. The maximum atomic E-state index is 12.8. The highest BCUT2D eigenvalue weighted by Crippen LogP contribution is 2.32. The molecule has 2 aromatic rings. The van der Waals surface area contributed by atoms with Gasteiger partial charge in [-0.2, -0.15) is 4.98 Å². The summed E-state index contributed by atoms with van der Waals surface area (Å²) >= 11 is 0. The van der Waals surface area contributed by atoms with E-state index in [-0.39, 0.29) is 12.7 Å². The normalized spacial score (nSPS) is 17.6. The Morgan fingerprint density at radius 2 is 2.04 bits per heavy atom. The summed E-state index contributed by atoms with van der Waals surface area (Å²) in [6.07, 6.45) is 0.910. The molecule has 8 heteroatoms. The van der Waals surface area contributed by atoms with Gasteiger partial charge in [0.05, 0.1) is 6.54 Å². The number of nitrogens with zero attached hydrogens (tertiary/aromatic N) is 4. The lowest BCUT2D eigenvalue weighted by molar-refractivity contribution is 0.0760. The number of rotatable bonds is 3. The van der Waals surface area contributed by atoms with Crippen molar-refractivity contribution in [2.24, 2.45) is 0 Å². The number of carbonyl (C=O) groups is 1. The van der Waals surface area contributed by atoms with E-state index in [1.807, 2.05) is 4.90 Å². The van der Waals surface area contributed by atoms with Crippen molar-refractivity contribution in [3.8, 4) is 11.5 Å². The summed E-state index contributed by atoms with van der Waals surface area (Å²) in [7, 11) is 0. The lowest BCUT2D eigenvalue weighted by atomic mass is 10.1. The van der Waals surface area contributed by atoms with Gasteiger partial charge in [0.1, 0.15) is 0 Å². The Labute approximate surface area is 145 Å². The zero-order valence-corrected chi connectivity index (χ0v) is 14.1. The number of hydrogen-bond donors (Lipinski definition) is 0. The lowest BCUT2D eigenvalue weighted by Crippen LogP contribution is -2.35. The van der Waals surface area contributed by atoms with Crippen molar-refractivity contribution in [3.05, 3.63) is 35.5 Å². The van der Waals surface area contributed by atoms with Gasteiger partial charge in [-0.25, -0.2) is 0 Å². The summed E-state index contributed by atoms with van der Waals surface area (Å²) in [5.74, 6) is 2.61. The molecule has 8 nitrogen and oxygen atoms in total. The molecule has 132 valence electrons. The molecule has 0 radical (unpaired) electrons. The van der Waals surface area contributed by atoms with Crippen LogP contribution in [0.25, 0.3) is 0 Å². The van der Waals surface area contributed by atoms with Gasteiger partial charge in [-0.1, -0.05) is 5.16 Å². The van der Waals surface area contributed by atoms with Gasteiger partial charge in [-0.05, 0) is 24.6 Å². The average Bonchev–Trinajstić information content (AvgIpc) is 3.17. The standard InChI is InChI=1S/C17H20N4O4/c1-12-18-16(19-25-12)10-20-5-2-6-21(8-7-20)17(22)13-3-4-14-15(9-13)24-11-23-14/h3-4,9H,2,5-8,10-11H2,1H3. The van der Waals surface area contributed by atoms with Gasteiger partial charge in [-0.3, -0.25) is 9.69 Å². The predicted molar refractivity (Wildman–Crippen MR) is 87.4 cm³/mol. The van der Waals surface area contributed by atoms with Gasteiger partial charge in [0.15, 0.2) is 17.3 Å². The highest BCUT2D eigenvalue weighted by molar-refractivity contribution is 5.95.